The van der Waals surface area contributed by atoms with Gasteiger partial charge in [0.1, 0.15) is 0 Å². The van der Waals surface area contributed by atoms with Gasteiger partial charge in [0.15, 0.2) is 0 Å². The molecule has 1 unspecified atom stereocenters. The first kappa shape index (κ1) is 15.3. The summed E-state index contributed by atoms with van der Waals surface area (Å²) in [5.41, 5.74) is 0. The van der Waals surface area contributed by atoms with Crippen molar-refractivity contribution in [2.45, 2.75) is 45.6 Å². The Morgan fingerprint density at radius 3 is 2.70 bits per heavy atom. The number of carbonyl (C=O) groups excluding carboxylic acids is 2. The molecule has 1 aliphatic carbocycles. The second kappa shape index (κ2) is 6.57. The number of hydrogen-bond donors (Lipinski definition) is 1. The number of nitrogens with zero attached hydrogens (tertiary/aromatic N) is 2. The van der Waals surface area contributed by atoms with Gasteiger partial charge in [-0.1, -0.05) is 0 Å². The summed E-state index contributed by atoms with van der Waals surface area (Å²) in [6.45, 7) is 6.04. The van der Waals surface area contributed by atoms with Crippen LogP contribution in [0, 0.1) is 11.8 Å². The molecule has 0 aromatic carbocycles. The van der Waals surface area contributed by atoms with Crippen LogP contribution in [-0.4, -0.2) is 59.0 Å². The number of rotatable bonds is 7. The Balaban J connectivity index is 1.91. The monoisotopic (exact) mass is 282 g/mol. The second-order valence-corrected chi connectivity index (χ2v) is 6.35. The summed E-state index contributed by atoms with van der Waals surface area (Å²) in [5, 5.41) is 8.93. The highest BCUT2D eigenvalue weighted by molar-refractivity contribution is 5.89. The first-order chi connectivity index (χ1) is 9.52. The van der Waals surface area contributed by atoms with E-state index in [-0.39, 0.29) is 30.4 Å². The Hall–Kier alpha value is -1.10. The summed E-state index contributed by atoms with van der Waals surface area (Å²) >= 11 is 0. The molecule has 1 heterocycles. The predicted molar refractivity (Wildman–Crippen MR) is 76.0 cm³/mol. The average molecular weight is 282 g/mol. The molecule has 0 aromatic rings. The fraction of sp³-hybridized carbons (Fsp3) is 0.867. The summed E-state index contributed by atoms with van der Waals surface area (Å²) in [6, 6.07) is 0.113. The van der Waals surface area contributed by atoms with E-state index in [0.29, 0.717) is 31.8 Å². The number of carbonyl (C=O) groups is 2. The third-order valence-electron chi connectivity index (χ3n) is 4.20. The topological polar surface area (TPSA) is 60.9 Å². The van der Waals surface area contributed by atoms with Gasteiger partial charge in [-0.25, -0.2) is 0 Å². The standard InChI is InChI=1S/C15H26N2O3/c1-11(2)17(6-3-7-18)15(20)13-8-14(19)16(10-13)9-12-4-5-12/h11-13,18H,3-10H2,1-2H3. The van der Waals surface area contributed by atoms with E-state index in [1.807, 2.05) is 18.7 Å². The lowest BCUT2D eigenvalue weighted by molar-refractivity contribution is -0.137. The summed E-state index contributed by atoms with van der Waals surface area (Å²) < 4.78 is 0. The van der Waals surface area contributed by atoms with E-state index in [1.54, 1.807) is 4.90 Å². The molecule has 5 nitrogen and oxygen atoms in total. The lowest BCUT2D eigenvalue weighted by Crippen LogP contribution is -2.42. The highest BCUT2D eigenvalue weighted by atomic mass is 16.3. The third-order valence-corrected chi connectivity index (χ3v) is 4.20. The van der Waals surface area contributed by atoms with Crippen molar-refractivity contribution in [3.63, 3.8) is 0 Å². The van der Waals surface area contributed by atoms with Crippen LogP contribution in [0.3, 0.4) is 0 Å². The normalized spacial score (nSPS) is 22.7. The maximum Gasteiger partial charge on any atom is 0.228 e. The molecule has 0 radical (unpaired) electrons. The average Bonchev–Trinajstić information content (AvgIpc) is 3.13. The number of hydrogen-bond acceptors (Lipinski definition) is 3. The molecule has 0 aromatic heterocycles. The van der Waals surface area contributed by atoms with Gasteiger partial charge >= 0.3 is 0 Å². The van der Waals surface area contributed by atoms with Crippen molar-refractivity contribution in [3.8, 4) is 0 Å². The molecule has 2 aliphatic rings. The van der Waals surface area contributed by atoms with Crippen molar-refractivity contribution in [3.05, 3.63) is 0 Å². The van der Waals surface area contributed by atoms with Gasteiger partial charge in [-0.2, -0.15) is 0 Å². The maximum absolute atomic E-state index is 12.6. The smallest absolute Gasteiger partial charge is 0.228 e. The third kappa shape index (κ3) is 3.72. The van der Waals surface area contributed by atoms with Gasteiger partial charge in [0.05, 0.1) is 5.92 Å². The Labute approximate surface area is 120 Å². The molecule has 0 spiro atoms. The van der Waals surface area contributed by atoms with Crippen LogP contribution in [0.2, 0.25) is 0 Å². The van der Waals surface area contributed by atoms with Crippen LogP contribution >= 0.6 is 0 Å². The van der Waals surface area contributed by atoms with E-state index in [2.05, 4.69) is 0 Å². The van der Waals surface area contributed by atoms with Gasteiger partial charge in [-0.15, -0.1) is 0 Å². The summed E-state index contributed by atoms with van der Waals surface area (Å²) in [5.74, 6) is 0.673. The van der Waals surface area contributed by atoms with Crippen LogP contribution in [0.15, 0.2) is 0 Å². The molecule has 1 aliphatic heterocycles. The van der Waals surface area contributed by atoms with E-state index in [4.69, 9.17) is 5.11 Å². The van der Waals surface area contributed by atoms with Gasteiger partial charge in [0.2, 0.25) is 11.8 Å². The van der Waals surface area contributed by atoms with Crippen LogP contribution in [0.25, 0.3) is 0 Å². The van der Waals surface area contributed by atoms with E-state index in [1.165, 1.54) is 12.8 Å². The fourth-order valence-electron chi connectivity index (χ4n) is 2.82. The van der Waals surface area contributed by atoms with Crippen molar-refractivity contribution in [1.29, 1.82) is 0 Å². The van der Waals surface area contributed by atoms with E-state index in [0.717, 1.165) is 6.54 Å². The second-order valence-electron chi connectivity index (χ2n) is 6.35. The number of aliphatic hydroxyl groups is 1. The van der Waals surface area contributed by atoms with Crippen LogP contribution < -0.4 is 0 Å². The van der Waals surface area contributed by atoms with Gasteiger partial charge in [0, 0.05) is 38.7 Å². The quantitative estimate of drug-likeness (QED) is 0.753. The van der Waals surface area contributed by atoms with Gasteiger partial charge in [-0.05, 0) is 39.0 Å². The molecule has 2 fully saturated rings. The van der Waals surface area contributed by atoms with Crippen LogP contribution in [0.1, 0.15) is 39.5 Å². The molecule has 114 valence electrons. The van der Waals surface area contributed by atoms with Crippen molar-refractivity contribution in [1.82, 2.24) is 9.80 Å². The predicted octanol–water partition coefficient (Wildman–Crippen LogP) is 0.864. The van der Waals surface area contributed by atoms with Gasteiger partial charge in [-0.3, -0.25) is 9.59 Å². The van der Waals surface area contributed by atoms with Crippen LogP contribution in [0.5, 0.6) is 0 Å². The molecule has 1 saturated heterocycles. The Kier molecular flexibility index (Phi) is 5.02. The van der Waals surface area contributed by atoms with E-state index in [9.17, 15) is 9.59 Å². The van der Waals surface area contributed by atoms with Crippen molar-refractivity contribution >= 4 is 11.8 Å². The zero-order valence-electron chi connectivity index (χ0n) is 12.5. The molecule has 0 bridgehead atoms. The molecular formula is C15H26N2O3. The van der Waals surface area contributed by atoms with E-state index >= 15 is 0 Å². The Morgan fingerprint density at radius 1 is 1.45 bits per heavy atom. The molecule has 2 rings (SSSR count). The van der Waals surface area contributed by atoms with Gasteiger partial charge in [0.25, 0.3) is 0 Å². The minimum atomic E-state index is -0.192. The number of likely N-dealkylation sites (tertiary alicyclic amines) is 1. The van der Waals surface area contributed by atoms with Crippen molar-refractivity contribution in [2.24, 2.45) is 11.8 Å². The zero-order chi connectivity index (χ0) is 14.7. The highest BCUT2D eigenvalue weighted by Gasteiger charge is 2.38. The minimum absolute atomic E-state index is 0.0695. The zero-order valence-corrected chi connectivity index (χ0v) is 12.5. The molecular weight excluding hydrogens is 256 g/mol. The molecule has 1 N–H and O–H groups in total. The lowest BCUT2D eigenvalue weighted by Gasteiger charge is -2.29. The molecule has 1 atom stereocenters. The summed E-state index contributed by atoms with van der Waals surface area (Å²) in [6.07, 6.45) is 3.39. The maximum atomic E-state index is 12.6. The summed E-state index contributed by atoms with van der Waals surface area (Å²) in [4.78, 5) is 28.2. The molecule has 2 amide bonds. The van der Waals surface area contributed by atoms with Crippen molar-refractivity contribution in [2.75, 3.05) is 26.2 Å². The van der Waals surface area contributed by atoms with E-state index < -0.39 is 0 Å². The minimum Gasteiger partial charge on any atom is -0.396 e. The Bertz CT molecular complexity index is 366. The largest absolute Gasteiger partial charge is 0.396 e. The van der Waals surface area contributed by atoms with Crippen LogP contribution in [0.4, 0.5) is 0 Å². The first-order valence-corrected chi connectivity index (χ1v) is 7.72. The first-order valence-electron chi connectivity index (χ1n) is 7.72. The molecule has 5 heteroatoms. The SMILES string of the molecule is CC(C)N(CCCO)C(=O)C1CC(=O)N(CC2CC2)C1. The summed E-state index contributed by atoms with van der Waals surface area (Å²) in [7, 11) is 0. The van der Waals surface area contributed by atoms with Gasteiger partial charge < -0.3 is 14.9 Å². The highest BCUT2D eigenvalue weighted by Crippen LogP contribution is 2.32. The Morgan fingerprint density at radius 2 is 2.15 bits per heavy atom. The fourth-order valence-corrected chi connectivity index (χ4v) is 2.82. The van der Waals surface area contributed by atoms with Crippen molar-refractivity contribution < 1.29 is 14.7 Å². The number of aliphatic hydroxyl groups excluding tert-OH is 1. The lowest BCUT2D eigenvalue weighted by atomic mass is 10.1. The van der Waals surface area contributed by atoms with Crippen LogP contribution in [-0.2, 0) is 9.59 Å². The number of amides is 2. The molecule has 20 heavy (non-hydrogen) atoms. The molecule has 1 saturated carbocycles.